The smallest absolute Gasteiger partial charge is 0.213 e. The number of rotatable bonds is 4. The van der Waals surface area contributed by atoms with E-state index in [2.05, 4.69) is 20.2 Å². The fraction of sp³-hybridized carbons (Fsp3) is 0.368. The molecule has 1 saturated heterocycles. The number of guanidine groups is 1. The summed E-state index contributed by atoms with van der Waals surface area (Å²) in [6.07, 6.45) is 0. The Morgan fingerprint density at radius 1 is 1.18 bits per heavy atom. The van der Waals surface area contributed by atoms with E-state index >= 15 is 0 Å². The molecule has 9 heteroatoms. The van der Waals surface area contributed by atoms with Crippen molar-refractivity contribution in [2.75, 3.05) is 45.2 Å². The van der Waals surface area contributed by atoms with Gasteiger partial charge in [-0.3, -0.25) is 4.99 Å². The van der Waals surface area contributed by atoms with Gasteiger partial charge in [-0.25, -0.2) is 13.8 Å². The van der Waals surface area contributed by atoms with Crippen LogP contribution in [0.15, 0.2) is 41.4 Å². The van der Waals surface area contributed by atoms with E-state index in [0.29, 0.717) is 44.3 Å². The second-order valence-corrected chi connectivity index (χ2v) is 6.14. The number of nitrogens with one attached hydrogen (secondary N) is 1. The molecular formula is C19H24F2IN5O. The van der Waals surface area contributed by atoms with Gasteiger partial charge in [-0.15, -0.1) is 24.0 Å². The van der Waals surface area contributed by atoms with Gasteiger partial charge >= 0.3 is 0 Å². The number of aliphatic imine (C=N–C) groups is 1. The van der Waals surface area contributed by atoms with E-state index in [1.54, 1.807) is 20.2 Å². The Bertz CT molecular complexity index is 813. The Kier molecular flexibility index (Phi) is 8.21. The predicted molar refractivity (Wildman–Crippen MR) is 117 cm³/mol. The van der Waals surface area contributed by atoms with Gasteiger partial charge in [-0.1, -0.05) is 6.07 Å². The van der Waals surface area contributed by atoms with E-state index in [-0.39, 0.29) is 24.0 Å². The molecule has 0 aliphatic carbocycles. The van der Waals surface area contributed by atoms with Gasteiger partial charge in [0.15, 0.2) is 5.96 Å². The lowest BCUT2D eigenvalue weighted by Gasteiger charge is -2.37. The standard InChI is InChI=1S/C19H23F2N5O.HI/c1-22-19(23-13-15-4-3-5-18(24-15)27-2)26-10-8-25(9-11-26)17-12-14(20)6-7-16(17)21;/h3-7,12H,8-11,13H2,1-2H3,(H,22,23);1H. The summed E-state index contributed by atoms with van der Waals surface area (Å²) in [4.78, 5) is 12.6. The number of methoxy groups -OCH3 is 1. The normalized spacial score (nSPS) is 14.5. The van der Waals surface area contributed by atoms with Crippen LogP contribution < -0.4 is 15.0 Å². The topological polar surface area (TPSA) is 53.0 Å². The van der Waals surface area contributed by atoms with Gasteiger partial charge < -0.3 is 19.9 Å². The number of benzene rings is 1. The third-order valence-electron chi connectivity index (χ3n) is 4.46. The highest BCUT2D eigenvalue weighted by atomic mass is 127. The second-order valence-electron chi connectivity index (χ2n) is 6.14. The summed E-state index contributed by atoms with van der Waals surface area (Å²) in [5, 5.41) is 3.29. The molecule has 2 heterocycles. The number of hydrogen-bond acceptors (Lipinski definition) is 4. The van der Waals surface area contributed by atoms with E-state index < -0.39 is 11.6 Å². The van der Waals surface area contributed by atoms with Gasteiger partial charge in [0, 0.05) is 45.4 Å². The van der Waals surface area contributed by atoms with Crippen LogP contribution in [0.3, 0.4) is 0 Å². The molecule has 2 aromatic rings. The van der Waals surface area contributed by atoms with Crippen molar-refractivity contribution in [1.29, 1.82) is 0 Å². The number of halogens is 3. The molecule has 1 aliphatic heterocycles. The molecule has 0 bridgehead atoms. The maximum atomic E-state index is 14.0. The van der Waals surface area contributed by atoms with Gasteiger partial charge in [-0.2, -0.15) is 0 Å². The number of ether oxygens (including phenoxy) is 1. The lowest BCUT2D eigenvalue weighted by atomic mass is 10.2. The molecule has 1 aliphatic rings. The van der Waals surface area contributed by atoms with E-state index in [4.69, 9.17) is 4.74 Å². The predicted octanol–water partition coefficient (Wildman–Crippen LogP) is 2.88. The quantitative estimate of drug-likeness (QED) is 0.395. The van der Waals surface area contributed by atoms with Crippen LogP contribution in [-0.4, -0.2) is 56.2 Å². The Hall–Kier alpha value is -2.17. The molecular weight excluding hydrogens is 479 g/mol. The molecule has 1 aromatic heterocycles. The molecule has 0 atom stereocenters. The van der Waals surface area contributed by atoms with Crippen molar-refractivity contribution in [3.63, 3.8) is 0 Å². The van der Waals surface area contributed by atoms with Gasteiger partial charge in [0.1, 0.15) is 11.6 Å². The Morgan fingerprint density at radius 2 is 1.93 bits per heavy atom. The Balaban J connectivity index is 0.00000280. The largest absolute Gasteiger partial charge is 0.481 e. The molecule has 0 saturated carbocycles. The van der Waals surface area contributed by atoms with Gasteiger partial charge in [-0.05, 0) is 18.2 Å². The minimum absolute atomic E-state index is 0. The number of nitrogens with zero attached hydrogens (tertiary/aromatic N) is 4. The zero-order valence-electron chi connectivity index (χ0n) is 15.9. The Labute approximate surface area is 180 Å². The molecule has 1 fully saturated rings. The SMILES string of the molecule is CN=C(NCc1cccc(OC)n1)N1CCN(c2cc(F)ccc2F)CC1.I. The number of piperazine rings is 1. The van der Waals surface area contributed by atoms with Crippen molar-refractivity contribution in [2.45, 2.75) is 6.54 Å². The Morgan fingerprint density at radius 3 is 2.61 bits per heavy atom. The highest BCUT2D eigenvalue weighted by Gasteiger charge is 2.22. The van der Waals surface area contributed by atoms with Crippen molar-refractivity contribution < 1.29 is 13.5 Å². The summed E-state index contributed by atoms with van der Waals surface area (Å²) >= 11 is 0. The van der Waals surface area contributed by atoms with Crippen molar-refractivity contribution in [2.24, 2.45) is 4.99 Å². The van der Waals surface area contributed by atoms with Gasteiger partial charge in [0.2, 0.25) is 5.88 Å². The number of anilines is 1. The zero-order chi connectivity index (χ0) is 19.2. The molecule has 3 rings (SSSR count). The monoisotopic (exact) mass is 503 g/mol. The molecule has 28 heavy (non-hydrogen) atoms. The molecule has 0 amide bonds. The van der Waals surface area contributed by atoms with Crippen LogP contribution in [0.2, 0.25) is 0 Å². The lowest BCUT2D eigenvalue weighted by molar-refractivity contribution is 0.369. The molecule has 1 N–H and O–H groups in total. The average molecular weight is 503 g/mol. The average Bonchev–Trinajstić information content (AvgIpc) is 2.71. The summed E-state index contributed by atoms with van der Waals surface area (Å²) in [5.74, 6) is 0.475. The highest BCUT2D eigenvalue weighted by Crippen LogP contribution is 2.22. The first-order valence-corrected chi connectivity index (χ1v) is 8.76. The van der Waals surface area contributed by atoms with Crippen molar-refractivity contribution in [3.05, 3.63) is 53.7 Å². The van der Waals surface area contributed by atoms with Crippen LogP contribution in [0.4, 0.5) is 14.5 Å². The molecule has 0 unspecified atom stereocenters. The fourth-order valence-corrected chi connectivity index (χ4v) is 3.06. The van der Waals surface area contributed by atoms with Crippen LogP contribution in [0, 0.1) is 11.6 Å². The summed E-state index contributed by atoms with van der Waals surface area (Å²) in [6, 6.07) is 9.13. The number of hydrogen-bond donors (Lipinski definition) is 1. The summed E-state index contributed by atoms with van der Waals surface area (Å²) in [7, 11) is 3.30. The number of pyridine rings is 1. The first kappa shape index (κ1) is 22.1. The minimum atomic E-state index is -0.433. The van der Waals surface area contributed by atoms with Crippen LogP contribution in [-0.2, 0) is 6.54 Å². The van der Waals surface area contributed by atoms with Crippen LogP contribution >= 0.6 is 24.0 Å². The zero-order valence-corrected chi connectivity index (χ0v) is 18.2. The highest BCUT2D eigenvalue weighted by molar-refractivity contribution is 14.0. The maximum absolute atomic E-state index is 14.0. The summed E-state index contributed by atoms with van der Waals surface area (Å²) in [6.45, 7) is 2.99. The lowest BCUT2D eigenvalue weighted by Crippen LogP contribution is -2.52. The van der Waals surface area contributed by atoms with Crippen molar-refractivity contribution in [1.82, 2.24) is 15.2 Å². The van der Waals surface area contributed by atoms with E-state index in [0.717, 1.165) is 17.7 Å². The second kappa shape index (κ2) is 10.4. The summed E-state index contributed by atoms with van der Waals surface area (Å²) < 4.78 is 32.5. The third-order valence-corrected chi connectivity index (χ3v) is 4.46. The van der Waals surface area contributed by atoms with Crippen molar-refractivity contribution >= 4 is 35.6 Å². The van der Waals surface area contributed by atoms with E-state index in [1.807, 2.05) is 17.0 Å². The maximum Gasteiger partial charge on any atom is 0.213 e. The molecule has 1 aromatic carbocycles. The van der Waals surface area contributed by atoms with Crippen LogP contribution in [0.1, 0.15) is 5.69 Å². The van der Waals surface area contributed by atoms with E-state index in [9.17, 15) is 8.78 Å². The van der Waals surface area contributed by atoms with Gasteiger partial charge in [0.05, 0.1) is 25.0 Å². The summed E-state index contributed by atoms with van der Waals surface area (Å²) in [5.41, 5.74) is 1.15. The first-order valence-electron chi connectivity index (χ1n) is 8.76. The van der Waals surface area contributed by atoms with Crippen LogP contribution in [0.5, 0.6) is 5.88 Å². The van der Waals surface area contributed by atoms with Crippen LogP contribution in [0.25, 0.3) is 0 Å². The first-order chi connectivity index (χ1) is 13.1. The number of aromatic nitrogens is 1. The van der Waals surface area contributed by atoms with Gasteiger partial charge in [0.25, 0.3) is 0 Å². The van der Waals surface area contributed by atoms with E-state index in [1.165, 1.54) is 12.1 Å². The third kappa shape index (κ3) is 5.43. The molecule has 6 nitrogen and oxygen atoms in total. The minimum Gasteiger partial charge on any atom is -0.481 e. The molecule has 0 spiro atoms. The van der Waals surface area contributed by atoms with Crippen molar-refractivity contribution in [3.8, 4) is 5.88 Å². The fourth-order valence-electron chi connectivity index (χ4n) is 3.06. The molecule has 0 radical (unpaired) electrons. The molecule has 152 valence electrons.